The summed E-state index contributed by atoms with van der Waals surface area (Å²) in [4.78, 5) is 18.4. The standard InChI is InChI=1S/C17H17ClN2O4/c1-3-22-15-7-5-12(18)16(19-15)17(21)20(2)9-11-4-6-13-14(8-11)24-10-23-13/h4-8H,3,9-10H2,1-2H3. The number of carbonyl (C=O) groups is 1. The number of fused-ring (bicyclic) bond motifs is 1. The molecule has 0 radical (unpaired) electrons. The number of rotatable bonds is 5. The van der Waals surface area contributed by atoms with E-state index in [-0.39, 0.29) is 18.4 Å². The van der Waals surface area contributed by atoms with E-state index < -0.39 is 0 Å². The van der Waals surface area contributed by atoms with Crippen LogP contribution in [0.2, 0.25) is 5.02 Å². The second-order valence-corrected chi connectivity index (χ2v) is 5.67. The van der Waals surface area contributed by atoms with E-state index in [1.807, 2.05) is 25.1 Å². The van der Waals surface area contributed by atoms with Crippen LogP contribution in [-0.2, 0) is 6.54 Å². The van der Waals surface area contributed by atoms with Crippen LogP contribution in [0.3, 0.4) is 0 Å². The zero-order chi connectivity index (χ0) is 17.1. The van der Waals surface area contributed by atoms with Crippen molar-refractivity contribution in [1.29, 1.82) is 0 Å². The molecule has 0 saturated carbocycles. The molecule has 0 saturated heterocycles. The van der Waals surface area contributed by atoms with Crippen LogP contribution in [0, 0.1) is 0 Å². The van der Waals surface area contributed by atoms with Crippen LogP contribution in [0.15, 0.2) is 30.3 Å². The molecule has 7 heteroatoms. The number of hydrogen-bond donors (Lipinski definition) is 0. The van der Waals surface area contributed by atoms with Crippen LogP contribution in [0.4, 0.5) is 0 Å². The lowest BCUT2D eigenvalue weighted by Gasteiger charge is -2.18. The van der Waals surface area contributed by atoms with E-state index in [4.69, 9.17) is 25.8 Å². The van der Waals surface area contributed by atoms with Crippen molar-refractivity contribution in [3.05, 3.63) is 46.6 Å². The lowest BCUT2D eigenvalue weighted by Crippen LogP contribution is -2.27. The molecular weight excluding hydrogens is 332 g/mol. The Morgan fingerprint density at radius 3 is 2.88 bits per heavy atom. The Morgan fingerprint density at radius 1 is 1.29 bits per heavy atom. The summed E-state index contributed by atoms with van der Waals surface area (Å²) in [6.45, 7) is 2.93. The summed E-state index contributed by atoms with van der Waals surface area (Å²) in [5, 5.41) is 0.293. The SMILES string of the molecule is CCOc1ccc(Cl)c(C(=O)N(C)Cc2ccc3c(c2)OCO3)n1. The minimum atomic E-state index is -0.279. The summed E-state index contributed by atoms with van der Waals surface area (Å²) in [6, 6.07) is 8.83. The second-order valence-electron chi connectivity index (χ2n) is 5.26. The van der Waals surface area contributed by atoms with Crippen LogP contribution in [-0.4, -0.2) is 36.2 Å². The monoisotopic (exact) mass is 348 g/mol. The molecule has 0 fully saturated rings. The molecule has 0 spiro atoms. The summed E-state index contributed by atoms with van der Waals surface area (Å²) in [5.41, 5.74) is 1.10. The van der Waals surface area contributed by atoms with Gasteiger partial charge in [-0.25, -0.2) is 4.98 Å². The van der Waals surface area contributed by atoms with E-state index in [9.17, 15) is 4.79 Å². The van der Waals surface area contributed by atoms with E-state index >= 15 is 0 Å². The average molecular weight is 349 g/mol. The molecule has 0 N–H and O–H groups in total. The van der Waals surface area contributed by atoms with Gasteiger partial charge in [-0.05, 0) is 30.7 Å². The molecule has 0 aliphatic carbocycles. The van der Waals surface area contributed by atoms with E-state index in [1.165, 1.54) is 0 Å². The summed E-state index contributed by atoms with van der Waals surface area (Å²) >= 11 is 6.11. The number of amides is 1. The van der Waals surface area contributed by atoms with Gasteiger partial charge in [0.25, 0.3) is 5.91 Å². The Kier molecular flexibility index (Phi) is 4.76. The quantitative estimate of drug-likeness (QED) is 0.830. The lowest BCUT2D eigenvalue weighted by molar-refractivity contribution is 0.0778. The van der Waals surface area contributed by atoms with Gasteiger partial charge in [0.1, 0.15) is 0 Å². The van der Waals surface area contributed by atoms with Gasteiger partial charge in [-0.3, -0.25) is 4.79 Å². The van der Waals surface area contributed by atoms with Crippen molar-refractivity contribution in [3.63, 3.8) is 0 Å². The van der Waals surface area contributed by atoms with Crippen molar-refractivity contribution in [2.24, 2.45) is 0 Å². The van der Waals surface area contributed by atoms with Crippen molar-refractivity contribution in [2.75, 3.05) is 20.4 Å². The van der Waals surface area contributed by atoms with E-state index in [1.54, 1.807) is 24.1 Å². The third-order valence-electron chi connectivity index (χ3n) is 3.52. The highest BCUT2D eigenvalue weighted by Gasteiger charge is 2.20. The molecule has 1 aliphatic heterocycles. The van der Waals surface area contributed by atoms with Gasteiger partial charge in [-0.1, -0.05) is 17.7 Å². The Balaban J connectivity index is 1.76. The van der Waals surface area contributed by atoms with Crippen LogP contribution in [0.1, 0.15) is 23.0 Å². The molecule has 0 atom stereocenters. The number of aromatic nitrogens is 1. The highest BCUT2D eigenvalue weighted by atomic mass is 35.5. The van der Waals surface area contributed by atoms with Crippen LogP contribution in [0.5, 0.6) is 17.4 Å². The number of pyridine rings is 1. The fourth-order valence-corrected chi connectivity index (χ4v) is 2.55. The highest BCUT2D eigenvalue weighted by molar-refractivity contribution is 6.33. The molecule has 6 nitrogen and oxygen atoms in total. The van der Waals surface area contributed by atoms with Crippen molar-refractivity contribution < 1.29 is 19.0 Å². The number of halogens is 1. The van der Waals surface area contributed by atoms with Gasteiger partial charge in [-0.15, -0.1) is 0 Å². The zero-order valence-corrected chi connectivity index (χ0v) is 14.2. The normalized spacial score (nSPS) is 12.1. The smallest absolute Gasteiger partial charge is 0.274 e. The molecule has 1 aromatic carbocycles. The van der Waals surface area contributed by atoms with Gasteiger partial charge in [0.05, 0.1) is 11.6 Å². The van der Waals surface area contributed by atoms with Crippen molar-refractivity contribution in [1.82, 2.24) is 9.88 Å². The summed E-state index contributed by atoms with van der Waals surface area (Å²) < 4.78 is 16.0. The van der Waals surface area contributed by atoms with Gasteiger partial charge < -0.3 is 19.1 Å². The predicted molar refractivity (Wildman–Crippen MR) is 88.8 cm³/mol. The third-order valence-corrected chi connectivity index (χ3v) is 3.82. The van der Waals surface area contributed by atoms with Crippen LogP contribution in [0.25, 0.3) is 0 Å². The summed E-state index contributed by atoms with van der Waals surface area (Å²) in [6.07, 6.45) is 0. The number of benzene rings is 1. The molecule has 0 unspecified atom stereocenters. The molecule has 1 amide bonds. The second kappa shape index (κ2) is 6.97. The largest absolute Gasteiger partial charge is 0.478 e. The molecule has 1 aromatic heterocycles. The number of ether oxygens (including phenoxy) is 3. The Labute approximate surface area is 144 Å². The topological polar surface area (TPSA) is 60.9 Å². The predicted octanol–water partition coefficient (Wildman–Crippen LogP) is 3.13. The summed E-state index contributed by atoms with van der Waals surface area (Å²) in [7, 11) is 1.69. The number of carbonyl (C=O) groups excluding carboxylic acids is 1. The van der Waals surface area contributed by atoms with Crippen molar-refractivity contribution in [3.8, 4) is 17.4 Å². The first-order chi connectivity index (χ1) is 11.6. The first-order valence-corrected chi connectivity index (χ1v) is 7.89. The fraction of sp³-hybridized carbons (Fsp3) is 0.294. The maximum absolute atomic E-state index is 12.6. The van der Waals surface area contributed by atoms with Gasteiger partial charge >= 0.3 is 0 Å². The summed E-state index contributed by atoms with van der Waals surface area (Å²) in [5.74, 6) is 1.49. The molecule has 126 valence electrons. The Hall–Kier alpha value is -2.47. The van der Waals surface area contributed by atoms with Crippen LogP contribution < -0.4 is 14.2 Å². The van der Waals surface area contributed by atoms with E-state index in [0.717, 1.165) is 5.56 Å². The van der Waals surface area contributed by atoms with Gasteiger partial charge in [-0.2, -0.15) is 0 Å². The lowest BCUT2D eigenvalue weighted by atomic mass is 10.2. The van der Waals surface area contributed by atoms with Gasteiger partial charge in [0, 0.05) is 19.7 Å². The Morgan fingerprint density at radius 2 is 2.08 bits per heavy atom. The van der Waals surface area contributed by atoms with Gasteiger partial charge in [0.15, 0.2) is 17.2 Å². The number of hydrogen-bond acceptors (Lipinski definition) is 5. The zero-order valence-electron chi connectivity index (χ0n) is 13.4. The maximum atomic E-state index is 12.6. The first kappa shape index (κ1) is 16.4. The van der Waals surface area contributed by atoms with Gasteiger partial charge in [0.2, 0.25) is 12.7 Å². The minimum absolute atomic E-state index is 0.172. The molecule has 2 aromatic rings. The van der Waals surface area contributed by atoms with E-state index in [0.29, 0.717) is 35.6 Å². The third kappa shape index (κ3) is 3.38. The average Bonchev–Trinajstić information content (AvgIpc) is 3.04. The molecular formula is C17H17ClN2O4. The Bertz CT molecular complexity index is 766. The van der Waals surface area contributed by atoms with Crippen molar-refractivity contribution in [2.45, 2.75) is 13.5 Å². The van der Waals surface area contributed by atoms with Crippen LogP contribution >= 0.6 is 11.6 Å². The molecule has 24 heavy (non-hydrogen) atoms. The minimum Gasteiger partial charge on any atom is -0.478 e. The van der Waals surface area contributed by atoms with Crippen molar-refractivity contribution >= 4 is 17.5 Å². The molecule has 0 bridgehead atoms. The maximum Gasteiger partial charge on any atom is 0.274 e. The highest BCUT2D eigenvalue weighted by Crippen LogP contribution is 2.32. The molecule has 1 aliphatic rings. The van der Waals surface area contributed by atoms with E-state index in [2.05, 4.69) is 4.98 Å². The molecule has 3 rings (SSSR count). The first-order valence-electron chi connectivity index (χ1n) is 7.52. The fourth-order valence-electron chi connectivity index (χ4n) is 2.37. The number of nitrogens with zero attached hydrogens (tertiary/aromatic N) is 2. The molecule has 2 heterocycles.